The molecule has 2 aromatic rings. The summed E-state index contributed by atoms with van der Waals surface area (Å²) in [6, 6.07) is 0.297. The first-order valence-corrected chi connectivity index (χ1v) is 8.52. The molecule has 1 aliphatic rings. The van der Waals surface area contributed by atoms with Crippen molar-refractivity contribution < 1.29 is 4.74 Å². The van der Waals surface area contributed by atoms with Gasteiger partial charge in [-0.1, -0.05) is 5.92 Å². The summed E-state index contributed by atoms with van der Waals surface area (Å²) in [6.07, 6.45) is -0.0432. The van der Waals surface area contributed by atoms with E-state index in [9.17, 15) is 4.79 Å². The van der Waals surface area contributed by atoms with Crippen LogP contribution in [-0.4, -0.2) is 51.4 Å². The maximum atomic E-state index is 12.7. The van der Waals surface area contributed by atoms with E-state index in [4.69, 9.17) is 4.74 Å². The lowest BCUT2D eigenvalue weighted by Gasteiger charge is -2.29. The Balaban J connectivity index is 2.24. The molecular formula is C17H24N6O2. The normalized spacial score (nSPS) is 14.7. The average Bonchev–Trinajstić information content (AvgIpc) is 2.84. The van der Waals surface area contributed by atoms with Crippen molar-refractivity contribution in [1.29, 1.82) is 0 Å². The second-order valence-corrected chi connectivity index (χ2v) is 6.26. The molecule has 1 saturated heterocycles. The fraction of sp³-hybridized carbons (Fsp3) is 0.588. The molecule has 2 aromatic heterocycles. The second kappa shape index (κ2) is 7.15. The molecule has 0 bridgehead atoms. The fourth-order valence-electron chi connectivity index (χ4n) is 2.92. The molecule has 3 heterocycles. The molecule has 0 spiro atoms. The largest absolute Gasteiger partial charge is 0.461 e. The van der Waals surface area contributed by atoms with Gasteiger partial charge in [-0.3, -0.25) is 9.13 Å². The molecule has 0 amide bonds. The molecule has 25 heavy (non-hydrogen) atoms. The van der Waals surface area contributed by atoms with Gasteiger partial charge in [-0.15, -0.1) is 5.92 Å². The number of nitrogens with one attached hydrogen (secondary N) is 1. The highest BCUT2D eigenvalue weighted by atomic mass is 16.5. The maximum Gasteiger partial charge on any atom is 0.331 e. The number of rotatable bonds is 4. The smallest absolute Gasteiger partial charge is 0.331 e. The number of piperazine rings is 1. The van der Waals surface area contributed by atoms with Crippen LogP contribution in [-0.2, 0) is 13.6 Å². The third-order valence-corrected chi connectivity index (χ3v) is 4.10. The Morgan fingerprint density at radius 2 is 2.00 bits per heavy atom. The molecule has 1 fully saturated rings. The van der Waals surface area contributed by atoms with Crippen LogP contribution in [0.25, 0.3) is 11.2 Å². The molecule has 0 unspecified atom stereocenters. The lowest BCUT2D eigenvalue weighted by Crippen LogP contribution is -2.44. The van der Waals surface area contributed by atoms with Crippen molar-refractivity contribution in [2.45, 2.75) is 33.4 Å². The summed E-state index contributed by atoms with van der Waals surface area (Å²) in [7, 11) is 1.72. The van der Waals surface area contributed by atoms with Crippen molar-refractivity contribution in [1.82, 2.24) is 24.4 Å². The SMILES string of the molecule is CC#CCn1c(=O)n(C)c2nc(OC(C)C)nc(N3CCNCC3)c21. The minimum absolute atomic E-state index is 0.0432. The van der Waals surface area contributed by atoms with E-state index in [-0.39, 0.29) is 11.8 Å². The molecular weight excluding hydrogens is 320 g/mol. The van der Waals surface area contributed by atoms with Crippen molar-refractivity contribution >= 4 is 17.0 Å². The van der Waals surface area contributed by atoms with Crippen molar-refractivity contribution in [3.8, 4) is 17.9 Å². The Bertz CT molecular complexity index is 880. The first-order valence-electron chi connectivity index (χ1n) is 8.52. The van der Waals surface area contributed by atoms with Crippen LogP contribution < -0.4 is 20.6 Å². The molecule has 0 aliphatic carbocycles. The number of ether oxygens (including phenoxy) is 1. The molecule has 3 rings (SSSR count). The number of anilines is 1. The van der Waals surface area contributed by atoms with Gasteiger partial charge in [0.15, 0.2) is 11.5 Å². The third-order valence-electron chi connectivity index (χ3n) is 4.10. The van der Waals surface area contributed by atoms with Gasteiger partial charge >= 0.3 is 11.7 Å². The molecule has 134 valence electrons. The minimum Gasteiger partial charge on any atom is -0.461 e. The Kier molecular flexibility index (Phi) is 4.95. The monoisotopic (exact) mass is 344 g/mol. The molecule has 0 saturated carbocycles. The van der Waals surface area contributed by atoms with Crippen LogP contribution >= 0.6 is 0 Å². The van der Waals surface area contributed by atoms with Gasteiger partial charge in [0.25, 0.3) is 0 Å². The predicted octanol–water partition coefficient (Wildman–Crippen LogP) is 0.350. The van der Waals surface area contributed by atoms with Gasteiger partial charge in [-0.2, -0.15) is 9.97 Å². The summed E-state index contributed by atoms with van der Waals surface area (Å²) >= 11 is 0. The standard InChI is InChI=1S/C17H24N6O2/c1-5-6-9-23-13-14(21(4)17(23)24)19-16(25-12(2)3)20-15(13)22-10-7-18-8-11-22/h12,18H,7-11H2,1-4H3. The second-order valence-electron chi connectivity index (χ2n) is 6.26. The highest BCUT2D eigenvalue weighted by molar-refractivity contribution is 5.85. The first kappa shape index (κ1) is 17.3. The van der Waals surface area contributed by atoms with Crippen molar-refractivity contribution in [2.75, 3.05) is 31.1 Å². The van der Waals surface area contributed by atoms with Crippen molar-refractivity contribution in [3.63, 3.8) is 0 Å². The van der Waals surface area contributed by atoms with Crippen LogP contribution in [0.4, 0.5) is 5.82 Å². The molecule has 1 N–H and O–H groups in total. The molecule has 1 aliphatic heterocycles. The number of hydrogen-bond acceptors (Lipinski definition) is 6. The number of nitrogens with zero attached hydrogens (tertiary/aromatic N) is 5. The van der Waals surface area contributed by atoms with E-state index in [1.165, 1.54) is 4.57 Å². The van der Waals surface area contributed by atoms with E-state index < -0.39 is 0 Å². The van der Waals surface area contributed by atoms with Crippen LogP contribution in [0.5, 0.6) is 6.01 Å². The average molecular weight is 344 g/mol. The molecule has 0 radical (unpaired) electrons. The highest BCUT2D eigenvalue weighted by Crippen LogP contribution is 2.26. The molecule has 0 aromatic carbocycles. The van der Waals surface area contributed by atoms with Gasteiger partial charge in [0.2, 0.25) is 0 Å². The Labute approximate surface area is 146 Å². The first-order chi connectivity index (χ1) is 12.0. The zero-order chi connectivity index (χ0) is 18.0. The van der Waals surface area contributed by atoms with E-state index in [0.717, 1.165) is 32.0 Å². The summed E-state index contributed by atoms with van der Waals surface area (Å²) in [6.45, 7) is 9.32. The van der Waals surface area contributed by atoms with Crippen molar-refractivity contribution in [2.24, 2.45) is 7.05 Å². The quantitative estimate of drug-likeness (QED) is 0.807. The lowest BCUT2D eigenvalue weighted by molar-refractivity contribution is 0.223. The number of imidazole rings is 1. The fourth-order valence-corrected chi connectivity index (χ4v) is 2.92. The number of aromatic nitrogens is 4. The van der Waals surface area contributed by atoms with E-state index >= 15 is 0 Å². The predicted molar refractivity (Wildman–Crippen MR) is 97.1 cm³/mol. The minimum atomic E-state index is -0.148. The summed E-state index contributed by atoms with van der Waals surface area (Å²) in [4.78, 5) is 24.0. The molecule has 8 heteroatoms. The summed E-state index contributed by atoms with van der Waals surface area (Å²) < 4.78 is 8.90. The summed E-state index contributed by atoms with van der Waals surface area (Å²) in [5.74, 6) is 6.55. The van der Waals surface area contributed by atoms with Crippen molar-refractivity contribution in [3.05, 3.63) is 10.5 Å². The number of aryl methyl sites for hydroxylation is 1. The number of fused-ring (bicyclic) bond motifs is 1. The van der Waals surface area contributed by atoms with Crippen LogP contribution in [0.2, 0.25) is 0 Å². The van der Waals surface area contributed by atoms with Crippen LogP contribution in [0.3, 0.4) is 0 Å². The zero-order valence-corrected chi connectivity index (χ0v) is 15.2. The highest BCUT2D eigenvalue weighted by Gasteiger charge is 2.24. The van der Waals surface area contributed by atoms with Gasteiger partial charge in [0.1, 0.15) is 5.52 Å². The van der Waals surface area contributed by atoms with Gasteiger partial charge in [-0.25, -0.2) is 4.79 Å². The van der Waals surface area contributed by atoms with Gasteiger partial charge in [0, 0.05) is 33.2 Å². The maximum absolute atomic E-state index is 12.7. The Morgan fingerprint density at radius 3 is 2.64 bits per heavy atom. The van der Waals surface area contributed by atoms with Crippen LogP contribution in [0, 0.1) is 11.8 Å². The molecule has 0 atom stereocenters. The van der Waals surface area contributed by atoms with E-state index in [0.29, 0.717) is 23.7 Å². The van der Waals surface area contributed by atoms with Crippen LogP contribution in [0.15, 0.2) is 4.79 Å². The van der Waals surface area contributed by atoms with E-state index in [1.54, 1.807) is 18.5 Å². The lowest BCUT2D eigenvalue weighted by atomic mass is 10.3. The summed E-state index contributed by atoms with van der Waals surface area (Å²) in [5.41, 5.74) is 1.14. The van der Waals surface area contributed by atoms with E-state index in [2.05, 4.69) is 32.0 Å². The van der Waals surface area contributed by atoms with Crippen LogP contribution in [0.1, 0.15) is 20.8 Å². The topological polar surface area (TPSA) is 77.2 Å². The zero-order valence-electron chi connectivity index (χ0n) is 15.2. The van der Waals surface area contributed by atoms with Gasteiger partial charge in [0.05, 0.1) is 12.6 Å². The third kappa shape index (κ3) is 3.33. The number of hydrogen-bond donors (Lipinski definition) is 1. The van der Waals surface area contributed by atoms with E-state index in [1.807, 2.05) is 13.8 Å². The Morgan fingerprint density at radius 1 is 1.28 bits per heavy atom. The Hall–Kier alpha value is -2.53. The molecule has 8 nitrogen and oxygen atoms in total. The summed E-state index contributed by atoms with van der Waals surface area (Å²) in [5, 5.41) is 3.33. The van der Waals surface area contributed by atoms with Gasteiger partial charge in [-0.05, 0) is 20.8 Å². The van der Waals surface area contributed by atoms with Gasteiger partial charge < -0.3 is 15.0 Å².